The van der Waals surface area contributed by atoms with E-state index in [1.54, 1.807) is 0 Å². The van der Waals surface area contributed by atoms with Crippen molar-refractivity contribution in [2.45, 2.75) is 5.60 Å². The van der Waals surface area contributed by atoms with Crippen molar-refractivity contribution in [3.8, 4) is 18.2 Å². The summed E-state index contributed by atoms with van der Waals surface area (Å²) in [4.78, 5) is 0. The molecule has 4 nitrogen and oxygen atoms in total. The van der Waals surface area contributed by atoms with E-state index < -0.39 is 5.60 Å². The highest BCUT2D eigenvalue weighted by Crippen LogP contribution is 1.94. The monoisotopic (exact) mass is 107 g/mol. The van der Waals surface area contributed by atoms with Crippen LogP contribution in [-0.4, -0.2) is 10.7 Å². The number of rotatable bonds is 0. The van der Waals surface area contributed by atoms with Crippen LogP contribution < -0.4 is 0 Å². The smallest absolute Gasteiger partial charge is 0.326 e. The first-order valence-electron chi connectivity index (χ1n) is 1.64. The molecule has 0 unspecified atom stereocenters. The van der Waals surface area contributed by atoms with Crippen LogP contribution in [-0.2, 0) is 0 Å². The van der Waals surface area contributed by atoms with E-state index >= 15 is 0 Å². The standard InChI is InChI=1S/C4HN3O/c5-1-4(8,2-6)3-7/h8H. The third-order valence-electron chi connectivity index (χ3n) is 0.485. The zero-order chi connectivity index (χ0) is 6.62. The van der Waals surface area contributed by atoms with Gasteiger partial charge in [-0.1, -0.05) is 0 Å². The molecule has 1 N–H and O–H groups in total. The normalized spacial score (nSPS) is 8.25. The zero-order valence-corrected chi connectivity index (χ0v) is 3.79. The van der Waals surface area contributed by atoms with Gasteiger partial charge in [0.25, 0.3) is 0 Å². The van der Waals surface area contributed by atoms with Gasteiger partial charge in [0.2, 0.25) is 0 Å². The summed E-state index contributed by atoms with van der Waals surface area (Å²) in [7, 11) is 0. The van der Waals surface area contributed by atoms with E-state index in [2.05, 4.69) is 0 Å². The second-order valence-electron chi connectivity index (χ2n) is 1.05. The molecular formula is C4HN3O. The lowest BCUT2D eigenvalue weighted by atomic mass is 10.2. The molecule has 0 bridgehead atoms. The molecule has 0 aromatic rings. The zero-order valence-electron chi connectivity index (χ0n) is 3.79. The van der Waals surface area contributed by atoms with E-state index in [9.17, 15) is 0 Å². The molecule has 0 aliphatic heterocycles. The van der Waals surface area contributed by atoms with E-state index in [4.69, 9.17) is 20.9 Å². The summed E-state index contributed by atoms with van der Waals surface area (Å²) in [6.45, 7) is 0. The van der Waals surface area contributed by atoms with Gasteiger partial charge in [0.05, 0.1) is 0 Å². The van der Waals surface area contributed by atoms with Crippen LogP contribution in [0.5, 0.6) is 0 Å². The van der Waals surface area contributed by atoms with E-state index in [0.29, 0.717) is 0 Å². The molecule has 0 radical (unpaired) electrons. The third-order valence-corrected chi connectivity index (χ3v) is 0.485. The molecule has 0 aliphatic rings. The summed E-state index contributed by atoms with van der Waals surface area (Å²) in [6, 6.07) is 3.33. The molecule has 0 rings (SSSR count). The van der Waals surface area contributed by atoms with E-state index in [1.807, 2.05) is 0 Å². The summed E-state index contributed by atoms with van der Waals surface area (Å²) in [5.41, 5.74) is -2.46. The first-order chi connectivity index (χ1) is 3.68. The maximum absolute atomic E-state index is 8.35. The van der Waals surface area contributed by atoms with Crippen LogP contribution in [0.4, 0.5) is 0 Å². The van der Waals surface area contributed by atoms with Crippen LogP contribution >= 0.6 is 0 Å². The number of aliphatic hydroxyl groups is 1. The van der Waals surface area contributed by atoms with Gasteiger partial charge in [-0.25, -0.2) is 0 Å². The van der Waals surface area contributed by atoms with Gasteiger partial charge < -0.3 is 5.11 Å². The van der Waals surface area contributed by atoms with Crippen molar-refractivity contribution >= 4 is 0 Å². The summed E-state index contributed by atoms with van der Waals surface area (Å²) in [5.74, 6) is 0. The molecule has 8 heavy (non-hydrogen) atoms. The van der Waals surface area contributed by atoms with Gasteiger partial charge in [-0.05, 0) is 0 Å². The highest BCUT2D eigenvalue weighted by atomic mass is 16.3. The number of hydrogen-bond acceptors (Lipinski definition) is 4. The predicted octanol–water partition coefficient (Wildman–Crippen LogP) is -0.712. The number of nitriles is 3. The fourth-order valence-electron chi connectivity index (χ4n) is 0.0750. The van der Waals surface area contributed by atoms with E-state index in [1.165, 1.54) is 0 Å². The van der Waals surface area contributed by atoms with E-state index in [-0.39, 0.29) is 0 Å². The lowest BCUT2D eigenvalue weighted by molar-refractivity contribution is 0.217. The SMILES string of the molecule is N#CC(O)(C#N)C#N. The van der Waals surface area contributed by atoms with Gasteiger partial charge in [-0.2, -0.15) is 15.8 Å². The van der Waals surface area contributed by atoms with Gasteiger partial charge in [0.1, 0.15) is 18.2 Å². The average Bonchev–Trinajstić information content (AvgIpc) is 1.87. The Bertz CT molecular complexity index is 165. The fourth-order valence-corrected chi connectivity index (χ4v) is 0.0750. The minimum Gasteiger partial charge on any atom is -0.353 e. The molecule has 0 saturated heterocycles. The third kappa shape index (κ3) is 0.944. The lowest BCUT2D eigenvalue weighted by Crippen LogP contribution is -2.19. The van der Waals surface area contributed by atoms with Crippen molar-refractivity contribution in [2.75, 3.05) is 0 Å². The van der Waals surface area contributed by atoms with Crippen molar-refractivity contribution in [3.63, 3.8) is 0 Å². The van der Waals surface area contributed by atoms with E-state index in [0.717, 1.165) is 18.2 Å². The predicted molar refractivity (Wildman–Crippen MR) is 21.8 cm³/mol. The Morgan fingerprint density at radius 3 is 1.25 bits per heavy atom. The van der Waals surface area contributed by atoms with Gasteiger partial charge in [0.15, 0.2) is 0 Å². The molecule has 0 aromatic heterocycles. The Labute approximate surface area is 45.8 Å². The number of hydrogen-bond donors (Lipinski definition) is 1. The van der Waals surface area contributed by atoms with Gasteiger partial charge >= 0.3 is 5.60 Å². The molecule has 38 valence electrons. The molecule has 0 saturated carbocycles. The topological polar surface area (TPSA) is 91.6 Å². The molecule has 0 fully saturated rings. The molecule has 0 aliphatic carbocycles. The summed E-state index contributed by atoms with van der Waals surface area (Å²) >= 11 is 0. The maximum Gasteiger partial charge on any atom is 0.326 e. The Morgan fingerprint density at radius 1 is 1.00 bits per heavy atom. The van der Waals surface area contributed by atoms with Crippen molar-refractivity contribution < 1.29 is 5.11 Å². The Morgan fingerprint density at radius 2 is 1.25 bits per heavy atom. The molecule has 4 heteroatoms. The molecule has 0 heterocycles. The lowest BCUT2D eigenvalue weighted by Gasteiger charge is -1.92. The minimum absolute atomic E-state index is 1.11. The van der Waals surface area contributed by atoms with Crippen LogP contribution in [0.3, 0.4) is 0 Å². The highest BCUT2D eigenvalue weighted by Gasteiger charge is 2.24. The molecule has 0 amide bonds. The van der Waals surface area contributed by atoms with Crippen molar-refractivity contribution in [3.05, 3.63) is 0 Å². The fraction of sp³-hybridized carbons (Fsp3) is 0.250. The van der Waals surface area contributed by atoms with Crippen LogP contribution in [0.1, 0.15) is 0 Å². The summed E-state index contributed by atoms with van der Waals surface area (Å²) in [6.07, 6.45) is 0. The second-order valence-corrected chi connectivity index (χ2v) is 1.05. The highest BCUT2D eigenvalue weighted by molar-refractivity contribution is 5.28. The summed E-state index contributed by atoms with van der Waals surface area (Å²) < 4.78 is 0. The van der Waals surface area contributed by atoms with Crippen LogP contribution in [0.25, 0.3) is 0 Å². The largest absolute Gasteiger partial charge is 0.353 e. The average molecular weight is 107 g/mol. The van der Waals surface area contributed by atoms with Crippen molar-refractivity contribution in [1.29, 1.82) is 15.8 Å². The van der Waals surface area contributed by atoms with Crippen LogP contribution in [0.2, 0.25) is 0 Å². The molecule has 0 atom stereocenters. The summed E-state index contributed by atoms with van der Waals surface area (Å²) in [5, 5.41) is 31.9. The quantitative estimate of drug-likeness (QED) is 0.414. The van der Waals surface area contributed by atoms with Gasteiger partial charge in [-0.3, -0.25) is 0 Å². The first kappa shape index (κ1) is 6.43. The molecular weight excluding hydrogens is 106 g/mol. The Hall–Kier alpha value is -1.57. The number of nitrogens with zero attached hydrogens (tertiary/aromatic N) is 3. The van der Waals surface area contributed by atoms with Gasteiger partial charge in [0, 0.05) is 0 Å². The van der Waals surface area contributed by atoms with Crippen LogP contribution in [0.15, 0.2) is 0 Å². The van der Waals surface area contributed by atoms with Crippen LogP contribution in [0, 0.1) is 34.0 Å². The Balaban J connectivity index is 4.42. The van der Waals surface area contributed by atoms with Crippen molar-refractivity contribution in [2.24, 2.45) is 0 Å². The Kier molecular flexibility index (Phi) is 1.55. The molecule has 0 aromatic carbocycles. The van der Waals surface area contributed by atoms with Gasteiger partial charge in [-0.15, -0.1) is 0 Å². The minimum atomic E-state index is -2.46. The first-order valence-corrected chi connectivity index (χ1v) is 1.64. The molecule has 0 spiro atoms. The second kappa shape index (κ2) is 1.93. The van der Waals surface area contributed by atoms with Crippen molar-refractivity contribution in [1.82, 2.24) is 0 Å². The maximum atomic E-state index is 8.35.